The van der Waals surface area contributed by atoms with E-state index >= 15 is 0 Å². The van der Waals surface area contributed by atoms with Crippen LogP contribution in [0.15, 0.2) is 29.8 Å². The Hall–Kier alpha value is -1.88. The molecule has 0 spiro atoms. The first kappa shape index (κ1) is 14.2. The SMILES string of the molecule is CCCCC/C(=C/c1ccc(C#N)cc1)C(C)=O. The molecule has 0 aromatic heterocycles. The molecule has 0 aliphatic heterocycles. The summed E-state index contributed by atoms with van der Waals surface area (Å²) in [5.74, 6) is 0.135. The number of nitrogens with zero attached hydrogens (tertiary/aromatic N) is 1. The number of hydrogen-bond donors (Lipinski definition) is 0. The van der Waals surface area contributed by atoms with Crippen LogP contribution >= 0.6 is 0 Å². The van der Waals surface area contributed by atoms with Gasteiger partial charge in [0.1, 0.15) is 0 Å². The van der Waals surface area contributed by atoms with Gasteiger partial charge in [-0.1, -0.05) is 31.9 Å². The quantitative estimate of drug-likeness (QED) is 0.555. The fraction of sp³-hybridized carbons (Fsp3) is 0.375. The van der Waals surface area contributed by atoms with Crippen molar-refractivity contribution < 1.29 is 4.79 Å². The zero-order valence-electron chi connectivity index (χ0n) is 11.1. The van der Waals surface area contributed by atoms with Gasteiger partial charge in [0.2, 0.25) is 0 Å². The number of benzene rings is 1. The predicted molar refractivity (Wildman–Crippen MR) is 74.0 cm³/mol. The van der Waals surface area contributed by atoms with Crippen molar-refractivity contribution in [3.8, 4) is 6.07 Å². The molecule has 1 aromatic rings. The van der Waals surface area contributed by atoms with E-state index in [1.165, 1.54) is 0 Å². The van der Waals surface area contributed by atoms with Gasteiger partial charge in [-0.05, 0) is 49.1 Å². The van der Waals surface area contributed by atoms with E-state index < -0.39 is 0 Å². The number of unbranched alkanes of at least 4 members (excludes halogenated alkanes) is 2. The fourth-order valence-electron chi connectivity index (χ4n) is 1.77. The zero-order valence-corrected chi connectivity index (χ0v) is 11.1. The Kier molecular flexibility index (Phi) is 5.87. The molecule has 2 nitrogen and oxygen atoms in total. The molecule has 0 aliphatic rings. The molecule has 2 heteroatoms. The van der Waals surface area contributed by atoms with Gasteiger partial charge in [-0.25, -0.2) is 0 Å². The van der Waals surface area contributed by atoms with Gasteiger partial charge in [0.15, 0.2) is 5.78 Å². The number of ketones is 1. The van der Waals surface area contributed by atoms with E-state index in [0.29, 0.717) is 5.56 Å². The first-order valence-corrected chi connectivity index (χ1v) is 6.39. The van der Waals surface area contributed by atoms with Crippen LogP contribution in [-0.2, 0) is 4.79 Å². The molecule has 18 heavy (non-hydrogen) atoms. The van der Waals surface area contributed by atoms with Crippen LogP contribution in [0.5, 0.6) is 0 Å². The van der Waals surface area contributed by atoms with Gasteiger partial charge in [-0.2, -0.15) is 5.26 Å². The van der Waals surface area contributed by atoms with Crippen LogP contribution in [0.2, 0.25) is 0 Å². The first-order valence-electron chi connectivity index (χ1n) is 6.39. The van der Waals surface area contributed by atoms with E-state index in [4.69, 9.17) is 5.26 Å². The lowest BCUT2D eigenvalue weighted by atomic mass is 10.0. The molecule has 0 amide bonds. The standard InChI is InChI=1S/C16H19NO/c1-3-4-5-6-16(13(2)18)11-14-7-9-15(12-17)10-8-14/h7-11H,3-6H2,1-2H3/b16-11-. The van der Waals surface area contributed by atoms with Crippen molar-refractivity contribution in [1.29, 1.82) is 5.26 Å². The molecule has 0 unspecified atom stereocenters. The summed E-state index contributed by atoms with van der Waals surface area (Å²) in [5.41, 5.74) is 2.49. The first-order chi connectivity index (χ1) is 8.67. The van der Waals surface area contributed by atoms with E-state index in [2.05, 4.69) is 13.0 Å². The monoisotopic (exact) mass is 241 g/mol. The number of carbonyl (C=O) groups excluding carboxylic acids is 1. The molecule has 0 N–H and O–H groups in total. The van der Waals surface area contributed by atoms with Gasteiger partial charge in [0.25, 0.3) is 0 Å². The highest BCUT2D eigenvalue weighted by Crippen LogP contribution is 2.15. The van der Waals surface area contributed by atoms with E-state index in [9.17, 15) is 4.79 Å². The van der Waals surface area contributed by atoms with Gasteiger partial charge in [0, 0.05) is 0 Å². The van der Waals surface area contributed by atoms with Crippen LogP contribution in [0.3, 0.4) is 0 Å². The van der Waals surface area contributed by atoms with E-state index in [-0.39, 0.29) is 5.78 Å². The van der Waals surface area contributed by atoms with Crippen LogP contribution in [-0.4, -0.2) is 5.78 Å². The molecule has 0 aliphatic carbocycles. The Labute approximate surface area is 109 Å². The Morgan fingerprint density at radius 3 is 2.44 bits per heavy atom. The third-order valence-corrected chi connectivity index (χ3v) is 2.88. The number of nitriles is 1. The molecule has 1 aromatic carbocycles. The van der Waals surface area contributed by atoms with Crippen molar-refractivity contribution in [1.82, 2.24) is 0 Å². The summed E-state index contributed by atoms with van der Waals surface area (Å²) in [6, 6.07) is 9.38. The van der Waals surface area contributed by atoms with Gasteiger partial charge >= 0.3 is 0 Å². The second-order valence-corrected chi connectivity index (χ2v) is 4.42. The van der Waals surface area contributed by atoms with Gasteiger partial charge in [-0.15, -0.1) is 0 Å². The zero-order chi connectivity index (χ0) is 13.4. The largest absolute Gasteiger partial charge is 0.295 e. The maximum Gasteiger partial charge on any atom is 0.155 e. The summed E-state index contributed by atoms with van der Waals surface area (Å²) < 4.78 is 0. The second kappa shape index (κ2) is 7.45. The minimum Gasteiger partial charge on any atom is -0.295 e. The molecular weight excluding hydrogens is 222 g/mol. The number of carbonyl (C=O) groups is 1. The molecular formula is C16H19NO. The van der Waals surface area contributed by atoms with Crippen molar-refractivity contribution in [2.75, 3.05) is 0 Å². The molecule has 0 fully saturated rings. The number of rotatable bonds is 6. The van der Waals surface area contributed by atoms with Gasteiger partial charge in [-0.3, -0.25) is 4.79 Å². The molecule has 0 bridgehead atoms. The minimum absolute atomic E-state index is 0.135. The average Bonchev–Trinajstić information content (AvgIpc) is 2.38. The highest BCUT2D eigenvalue weighted by Gasteiger charge is 2.03. The van der Waals surface area contributed by atoms with E-state index in [1.54, 1.807) is 19.1 Å². The number of Topliss-reactive ketones (excluding diaryl/α,β-unsaturated/α-hetero) is 1. The highest BCUT2D eigenvalue weighted by molar-refractivity contribution is 5.97. The van der Waals surface area contributed by atoms with Gasteiger partial charge in [0.05, 0.1) is 11.6 Å². The number of allylic oxidation sites excluding steroid dienone is 1. The summed E-state index contributed by atoms with van der Waals surface area (Å²) in [5, 5.41) is 8.72. The maximum atomic E-state index is 11.5. The summed E-state index contributed by atoms with van der Waals surface area (Å²) >= 11 is 0. The average molecular weight is 241 g/mol. The molecule has 0 radical (unpaired) electrons. The van der Waals surface area contributed by atoms with Crippen molar-refractivity contribution in [3.05, 3.63) is 41.0 Å². The maximum absolute atomic E-state index is 11.5. The second-order valence-electron chi connectivity index (χ2n) is 4.42. The van der Waals surface area contributed by atoms with Crippen molar-refractivity contribution in [2.45, 2.75) is 39.5 Å². The summed E-state index contributed by atoms with van der Waals surface area (Å²) in [6.07, 6.45) is 6.13. The van der Waals surface area contributed by atoms with Gasteiger partial charge < -0.3 is 0 Å². The molecule has 0 saturated heterocycles. The Balaban J connectivity index is 2.80. The lowest BCUT2D eigenvalue weighted by Crippen LogP contribution is -1.96. The van der Waals surface area contributed by atoms with Crippen LogP contribution in [0, 0.1) is 11.3 Å². The topological polar surface area (TPSA) is 40.9 Å². The Morgan fingerprint density at radius 1 is 1.28 bits per heavy atom. The third-order valence-electron chi connectivity index (χ3n) is 2.88. The van der Waals surface area contributed by atoms with E-state index in [0.717, 1.165) is 36.8 Å². The predicted octanol–water partition coefficient (Wildman–Crippen LogP) is 4.11. The van der Waals surface area contributed by atoms with Crippen molar-refractivity contribution >= 4 is 11.9 Å². The normalized spacial score (nSPS) is 11.1. The smallest absolute Gasteiger partial charge is 0.155 e. The molecule has 0 atom stereocenters. The Bertz CT molecular complexity index is 463. The molecule has 94 valence electrons. The molecule has 0 heterocycles. The summed E-state index contributed by atoms with van der Waals surface area (Å²) in [4.78, 5) is 11.5. The third kappa shape index (κ3) is 4.55. The van der Waals surface area contributed by atoms with E-state index in [1.807, 2.05) is 18.2 Å². The summed E-state index contributed by atoms with van der Waals surface area (Å²) in [7, 11) is 0. The molecule has 0 saturated carbocycles. The Morgan fingerprint density at radius 2 is 1.94 bits per heavy atom. The lowest BCUT2D eigenvalue weighted by molar-refractivity contribution is -0.113. The van der Waals surface area contributed by atoms with Crippen LogP contribution in [0.1, 0.15) is 50.7 Å². The van der Waals surface area contributed by atoms with Crippen LogP contribution in [0.25, 0.3) is 6.08 Å². The van der Waals surface area contributed by atoms with Crippen LogP contribution in [0.4, 0.5) is 0 Å². The van der Waals surface area contributed by atoms with Crippen molar-refractivity contribution in [2.24, 2.45) is 0 Å². The number of hydrogen-bond acceptors (Lipinski definition) is 2. The molecule has 1 rings (SSSR count). The lowest BCUT2D eigenvalue weighted by Gasteiger charge is -2.03. The summed E-state index contributed by atoms with van der Waals surface area (Å²) in [6.45, 7) is 3.76. The minimum atomic E-state index is 0.135. The van der Waals surface area contributed by atoms with Crippen LogP contribution < -0.4 is 0 Å². The highest BCUT2D eigenvalue weighted by atomic mass is 16.1. The van der Waals surface area contributed by atoms with Crippen molar-refractivity contribution in [3.63, 3.8) is 0 Å². The fourth-order valence-corrected chi connectivity index (χ4v) is 1.77.